The minimum atomic E-state index is -3.82. The minimum Gasteiger partial charge on any atom is -0.296 e. The minimum absolute atomic E-state index is 0.00476. The van der Waals surface area contributed by atoms with Gasteiger partial charge in [0.25, 0.3) is 5.56 Å². The van der Waals surface area contributed by atoms with Crippen molar-refractivity contribution in [3.05, 3.63) is 71.0 Å². The van der Waals surface area contributed by atoms with E-state index < -0.39 is 15.4 Å². The highest BCUT2D eigenvalue weighted by molar-refractivity contribution is 7.91. The fraction of sp³-hybridized carbons (Fsp3) is 0.0500. The average molecular weight is 393 g/mol. The number of benzene rings is 3. The molecule has 1 amide bonds. The number of hydrogen-bond acceptors (Lipinski definition) is 5. The molecule has 4 aromatic rings. The van der Waals surface area contributed by atoms with Crippen molar-refractivity contribution < 1.29 is 13.2 Å². The molecule has 0 radical (unpaired) electrons. The number of aromatic nitrogens is 2. The van der Waals surface area contributed by atoms with E-state index in [1.165, 1.54) is 25.1 Å². The zero-order valence-electron chi connectivity index (χ0n) is 14.8. The number of sulfone groups is 1. The highest BCUT2D eigenvalue weighted by Crippen LogP contribution is 2.26. The van der Waals surface area contributed by atoms with Crippen LogP contribution in [0.15, 0.2) is 75.2 Å². The first-order valence-corrected chi connectivity index (χ1v) is 9.88. The standard InChI is InChI=1S/C20H15N3O4S/c1-12(24)21-20-22-18-9-8-16(11-17(18)19(25)23-20)28(26,27)15-7-6-13-4-2-3-5-14(13)10-15/h2-11H,1H3,(H2,21,22,23,24,25). The number of nitrogens with zero attached hydrogens (tertiary/aromatic N) is 1. The highest BCUT2D eigenvalue weighted by atomic mass is 32.2. The van der Waals surface area contributed by atoms with Crippen molar-refractivity contribution in [2.75, 3.05) is 5.32 Å². The summed E-state index contributed by atoms with van der Waals surface area (Å²) in [7, 11) is -3.82. The van der Waals surface area contributed by atoms with Gasteiger partial charge in [0.1, 0.15) is 0 Å². The van der Waals surface area contributed by atoms with Crippen LogP contribution in [-0.4, -0.2) is 24.3 Å². The molecule has 0 unspecified atom stereocenters. The molecule has 0 saturated heterocycles. The van der Waals surface area contributed by atoms with Crippen molar-refractivity contribution in [1.29, 1.82) is 0 Å². The summed E-state index contributed by atoms with van der Waals surface area (Å²) in [5, 5.41) is 4.27. The number of carbonyl (C=O) groups is 1. The van der Waals surface area contributed by atoms with Crippen LogP contribution < -0.4 is 10.9 Å². The van der Waals surface area contributed by atoms with Crippen molar-refractivity contribution in [3.63, 3.8) is 0 Å². The molecule has 0 fully saturated rings. The number of carbonyl (C=O) groups excluding carboxylic acids is 1. The summed E-state index contributed by atoms with van der Waals surface area (Å²) < 4.78 is 26.1. The number of aromatic amines is 1. The summed E-state index contributed by atoms with van der Waals surface area (Å²) in [5.41, 5.74) is -0.255. The Hall–Kier alpha value is -3.52. The van der Waals surface area contributed by atoms with Crippen molar-refractivity contribution >= 4 is 43.4 Å². The first-order chi connectivity index (χ1) is 13.3. The zero-order valence-corrected chi connectivity index (χ0v) is 15.6. The van der Waals surface area contributed by atoms with Crippen LogP contribution in [0.5, 0.6) is 0 Å². The molecule has 1 aromatic heterocycles. The molecule has 0 spiro atoms. The maximum absolute atomic E-state index is 13.1. The predicted molar refractivity (Wildman–Crippen MR) is 106 cm³/mol. The lowest BCUT2D eigenvalue weighted by atomic mass is 10.1. The molecule has 0 saturated carbocycles. The largest absolute Gasteiger partial charge is 0.296 e. The third-order valence-electron chi connectivity index (χ3n) is 4.31. The Morgan fingerprint density at radius 3 is 2.39 bits per heavy atom. The number of hydrogen-bond donors (Lipinski definition) is 2. The third kappa shape index (κ3) is 3.14. The summed E-state index contributed by atoms with van der Waals surface area (Å²) in [6, 6.07) is 16.5. The van der Waals surface area contributed by atoms with Gasteiger partial charge < -0.3 is 0 Å². The summed E-state index contributed by atoms with van der Waals surface area (Å²) in [6.07, 6.45) is 0. The molecule has 2 N–H and O–H groups in total. The van der Waals surface area contributed by atoms with Crippen LogP contribution in [0.2, 0.25) is 0 Å². The maximum atomic E-state index is 13.1. The fourth-order valence-corrected chi connectivity index (χ4v) is 4.30. The van der Waals surface area contributed by atoms with Crippen LogP contribution in [-0.2, 0) is 14.6 Å². The van der Waals surface area contributed by atoms with Crippen LogP contribution in [0.1, 0.15) is 6.92 Å². The number of H-pyrrole nitrogens is 1. The molecule has 1 heterocycles. The van der Waals surface area contributed by atoms with E-state index in [1.54, 1.807) is 18.2 Å². The van der Waals surface area contributed by atoms with E-state index in [4.69, 9.17) is 0 Å². The average Bonchev–Trinajstić information content (AvgIpc) is 2.67. The van der Waals surface area contributed by atoms with Crippen molar-refractivity contribution in [3.8, 4) is 0 Å². The van der Waals surface area contributed by atoms with Gasteiger partial charge >= 0.3 is 0 Å². The van der Waals surface area contributed by atoms with Crippen LogP contribution in [0.3, 0.4) is 0 Å². The Morgan fingerprint density at radius 1 is 0.964 bits per heavy atom. The normalized spacial score (nSPS) is 11.6. The van der Waals surface area contributed by atoms with Gasteiger partial charge in [-0.3, -0.25) is 19.9 Å². The molecule has 28 heavy (non-hydrogen) atoms. The molecule has 8 heteroatoms. The molecule has 0 aliphatic rings. The lowest BCUT2D eigenvalue weighted by molar-refractivity contribution is -0.114. The zero-order chi connectivity index (χ0) is 19.9. The lowest BCUT2D eigenvalue weighted by Gasteiger charge is -2.08. The van der Waals surface area contributed by atoms with Gasteiger partial charge in [-0.25, -0.2) is 13.4 Å². The first-order valence-electron chi connectivity index (χ1n) is 8.40. The summed E-state index contributed by atoms with van der Waals surface area (Å²) >= 11 is 0. The summed E-state index contributed by atoms with van der Waals surface area (Å²) in [4.78, 5) is 30.2. The van der Waals surface area contributed by atoms with Gasteiger partial charge in [0.15, 0.2) is 0 Å². The monoisotopic (exact) mass is 393 g/mol. The molecule has 0 bridgehead atoms. The number of anilines is 1. The third-order valence-corrected chi connectivity index (χ3v) is 6.06. The summed E-state index contributed by atoms with van der Waals surface area (Å²) in [5.74, 6) is -0.367. The molecule has 3 aromatic carbocycles. The van der Waals surface area contributed by atoms with E-state index in [0.717, 1.165) is 10.8 Å². The fourth-order valence-electron chi connectivity index (χ4n) is 2.98. The van der Waals surface area contributed by atoms with E-state index in [9.17, 15) is 18.0 Å². The van der Waals surface area contributed by atoms with Crippen LogP contribution >= 0.6 is 0 Å². The Bertz CT molecular complexity index is 1410. The molecule has 140 valence electrons. The predicted octanol–water partition coefficient (Wildman–Crippen LogP) is 2.87. The van der Waals surface area contributed by atoms with Gasteiger partial charge in [-0.1, -0.05) is 30.3 Å². The molecule has 0 aliphatic carbocycles. The molecule has 0 atom stereocenters. The van der Waals surface area contributed by atoms with E-state index >= 15 is 0 Å². The molecule has 4 rings (SSSR count). The second-order valence-corrected chi connectivity index (χ2v) is 8.24. The SMILES string of the molecule is CC(=O)Nc1nc2ccc(S(=O)(=O)c3ccc4ccccc4c3)cc2c(=O)[nH]1. The second kappa shape index (κ2) is 6.58. The van der Waals surface area contributed by atoms with E-state index in [-0.39, 0.29) is 32.5 Å². The Balaban J connectivity index is 1.83. The van der Waals surface area contributed by atoms with Gasteiger partial charge in [0.2, 0.25) is 21.7 Å². The second-order valence-electron chi connectivity index (χ2n) is 6.29. The Labute approximate surface area is 160 Å². The van der Waals surface area contributed by atoms with Crippen LogP contribution in [0.25, 0.3) is 21.7 Å². The smallest absolute Gasteiger partial charge is 0.260 e. The van der Waals surface area contributed by atoms with Crippen LogP contribution in [0, 0.1) is 0 Å². The van der Waals surface area contributed by atoms with E-state index in [2.05, 4.69) is 15.3 Å². The van der Waals surface area contributed by atoms with E-state index in [0.29, 0.717) is 0 Å². The lowest BCUT2D eigenvalue weighted by Crippen LogP contribution is -2.16. The van der Waals surface area contributed by atoms with Crippen molar-refractivity contribution in [2.45, 2.75) is 16.7 Å². The van der Waals surface area contributed by atoms with Crippen LogP contribution in [0.4, 0.5) is 5.95 Å². The highest BCUT2D eigenvalue weighted by Gasteiger charge is 2.19. The first kappa shape index (κ1) is 17.9. The molecular formula is C20H15N3O4S. The van der Waals surface area contributed by atoms with Gasteiger partial charge in [-0.2, -0.15) is 0 Å². The maximum Gasteiger partial charge on any atom is 0.260 e. The Morgan fingerprint density at radius 2 is 1.64 bits per heavy atom. The van der Waals surface area contributed by atoms with Crippen molar-refractivity contribution in [1.82, 2.24) is 9.97 Å². The topological polar surface area (TPSA) is 109 Å². The van der Waals surface area contributed by atoms with Crippen molar-refractivity contribution in [2.24, 2.45) is 0 Å². The number of amides is 1. The van der Waals surface area contributed by atoms with E-state index in [1.807, 2.05) is 24.3 Å². The van der Waals surface area contributed by atoms with Gasteiger partial charge in [-0.05, 0) is 41.1 Å². The van der Waals surface area contributed by atoms with Gasteiger partial charge in [0.05, 0.1) is 20.7 Å². The molecular weight excluding hydrogens is 378 g/mol. The number of fused-ring (bicyclic) bond motifs is 2. The van der Waals surface area contributed by atoms with Gasteiger partial charge in [-0.15, -0.1) is 0 Å². The summed E-state index contributed by atoms with van der Waals surface area (Å²) in [6.45, 7) is 1.30. The molecule has 7 nitrogen and oxygen atoms in total. The number of rotatable bonds is 3. The quantitative estimate of drug-likeness (QED) is 0.556. The Kier molecular flexibility index (Phi) is 4.20. The van der Waals surface area contributed by atoms with Gasteiger partial charge in [0, 0.05) is 6.92 Å². The molecule has 0 aliphatic heterocycles. The number of nitrogens with one attached hydrogen (secondary N) is 2.